The van der Waals surface area contributed by atoms with E-state index in [1.165, 1.54) is 44.7 Å². The number of amides is 2. The molecule has 0 unspecified atom stereocenters. The molecular weight excluding hydrogens is 639 g/mol. The van der Waals surface area contributed by atoms with Crippen LogP contribution >= 0.6 is 12.4 Å². The number of para-hydroxylation sites is 2. The molecule has 0 spiro atoms. The molecular formula is C33H36ClLiN4O9. The van der Waals surface area contributed by atoms with Gasteiger partial charge in [0, 0.05) is 49.0 Å². The van der Waals surface area contributed by atoms with E-state index in [-0.39, 0.29) is 65.4 Å². The van der Waals surface area contributed by atoms with Gasteiger partial charge >= 0.3 is 30.8 Å². The number of methoxy groups -OCH3 is 3. The number of esters is 1. The van der Waals surface area contributed by atoms with Crippen LogP contribution in [0, 0.1) is 0 Å². The van der Waals surface area contributed by atoms with Gasteiger partial charge in [-0.2, -0.15) is 0 Å². The third-order valence-electron chi connectivity index (χ3n) is 6.59. The number of carbonyl (C=O) groups is 4. The summed E-state index contributed by atoms with van der Waals surface area (Å²) in [7, 11) is 4.14. The van der Waals surface area contributed by atoms with E-state index in [1.807, 2.05) is 13.8 Å². The molecule has 0 saturated heterocycles. The molecule has 2 aromatic heterocycles. The Morgan fingerprint density at radius 3 is 1.38 bits per heavy atom. The molecule has 2 amide bonds. The molecule has 0 atom stereocenters. The van der Waals surface area contributed by atoms with Gasteiger partial charge in [0.25, 0.3) is 11.8 Å². The number of nitrogens with zero attached hydrogens (tertiary/aromatic N) is 4. The zero-order chi connectivity index (χ0) is 32.9. The first kappa shape index (κ1) is 43.1. The zero-order valence-corrected chi connectivity index (χ0v) is 28.3. The van der Waals surface area contributed by atoms with Gasteiger partial charge in [-0.1, -0.05) is 12.1 Å². The fourth-order valence-corrected chi connectivity index (χ4v) is 4.49. The van der Waals surface area contributed by atoms with Gasteiger partial charge in [0.2, 0.25) is 0 Å². The van der Waals surface area contributed by atoms with Crippen molar-refractivity contribution in [2.75, 3.05) is 44.2 Å². The van der Waals surface area contributed by atoms with E-state index in [1.54, 1.807) is 71.9 Å². The largest absolute Gasteiger partial charge is 1.00 e. The van der Waals surface area contributed by atoms with E-state index in [4.69, 9.17) is 14.2 Å². The Hall–Kier alpha value is -4.93. The number of aromatic carboxylic acids is 1. The monoisotopic (exact) mass is 674 g/mol. The molecule has 4 rings (SSSR count). The van der Waals surface area contributed by atoms with Crippen molar-refractivity contribution >= 4 is 47.5 Å². The summed E-state index contributed by atoms with van der Waals surface area (Å²) >= 11 is 0. The minimum absolute atomic E-state index is 0. The Kier molecular flexibility index (Phi) is 18.9. The van der Waals surface area contributed by atoms with Crippen LogP contribution in [-0.4, -0.2) is 78.7 Å². The fraction of sp³-hybridized carbons (Fsp3) is 0.212. The van der Waals surface area contributed by atoms with Crippen LogP contribution in [0.2, 0.25) is 0 Å². The number of hydrogen-bond donors (Lipinski definition) is 1. The van der Waals surface area contributed by atoms with Gasteiger partial charge < -0.3 is 34.6 Å². The molecule has 13 nitrogen and oxygen atoms in total. The van der Waals surface area contributed by atoms with E-state index in [0.717, 1.165) is 0 Å². The number of halogens is 1. The average molecular weight is 675 g/mol. The van der Waals surface area contributed by atoms with Crippen LogP contribution in [0.1, 0.15) is 55.3 Å². The summed E-state index contributed by atoms with van der Waals surface area (Å²) in [5.74, 6) is -1.59. The number of benzene rings is 2. The molecule has 0 fully saturated rings. The van der Waals surface area contributed by atoms with Crippen molar-refractivity contribution in [3.05, 3.63) is 108 Å². The predicted octanol–water partition coefficient (Wildman–Crippen LogP) is 2.25. The average Bonchev–Trinajstić information content (AvgIpc) is 3.09. The topological polar surface area (TPSA) is 178 Å². The maximum atomic E-state index is 12.7. The summed E-state index contributed by atoms with van der Waals surface area (Å²) in [5, 5.41) is 9.24. The first-order valence-electron chi connectivity index (χ1n) is 13.8. The molecule has 15 heteroatoms. The van der Waals surface area contributed by atoms with E-state index < -0.39 is 11.9 Å². The summed E-state index contributed by atoms with van der Waals surface area (Å²) in [6.45, 7) is 4.46. The molecule has 0 radical (unpaired) electrons. The van der Waals surface area contributed by atoms with Crippen LogP contribution in [0.15, 0.2) is 85.5 Å². The molecule has 2 heterocycles. The first-order chi connectivity index (χ1) is 21.7. The number of rotatable bonds is 10. The van der Waals surface area contributed by atoms with Crippen LogP contribution in [-0.2, 0) is 4.74 Å². The molecule has 0 aliphatic rings. The second-order valence-corrected chi connectivity index (χ2v) is 9.08. The van der Waals surface area contributed by atoms with Crippen LogP contribution < -0.4 is 38.1 Å². The summed E-state index contributed by atoms with van der Waals surface area (Å²) in [6.07, 6.45) is 6.18. The maximum absolute atomic E-state index is 12.7. The van der Waals surface area contributed by atoms with Crippen LogP contribution in [0.25, 0.3) is 0 Å². The molecule has 4 aromatic rings. The summed E-state index contributed by atoms with van der Waals surface area (Å²) in [6, 6.07) is 16.2. The van der Waals surface area contributed by atoms with Crippen molar-refractivity contribution in [3.8, 4) is 11.5 Å². The van der Waals surface area contributed by atoms with Gasteiger partial charge in [-0.3, -0.25) is 19.6 Å². The van der Waals surface area contributed by atoms with Gasteiger partial charge in [0.05, 0.1) is 32.7 Å². The molecule has 0 aliphatic carbocycles. The SMILES string of the molecule is CCN(C(=O)c1ccncc1)c1cccc(C(=O)O)c1OC.CCN(C(=O)c1ccncc1)c1cccc(C(=O)OC)c1OC.Cl.[Li+].[OH-]. The van der Waals surface area contributed by atoms with E-state index in [2.05, 4.69) is 9.97 Å². The minimum atomic E-state index is -1.11. The van der Waals surface area contributed by atoms with E-state index in [9.17, 15) is 24.3 Å². The standard InChI is InChI=1S/C17H18N2O4.C16H16N2O4.ClH.Li.H2O/c1-4-19(16(20)12-8-10-18-11-9-12)14-7-5-6-13(15(14)22-2)17(21)23-3;1-3-18(15(19)11-7-9-17-10-8-11)13-6-4-5-12(16(20)21)14(13)22-2;;;/h5-11H,4H2,1-3H3;4-10H,3H2,1-2H3,(H,20,21);1H;;1H2/q;;;+1;/p-1. The van der Waals surface area contributed by atoms with Crippen molar-refractivity contribution in [3.63, 3.8) is 0 Å². The van der Waals surface area contributed by atoms with Crippen molar-refractivity contribution in [2.24, 2.45) is 0 Å². The van der Waals surface area contributed by atoms with Crippen LogP contribution in [0.5, 0.6) is 11.5 Å². The maximum Gasteiger partial charge on any atom is 1.00 e. The third-order valence-corrected chi connectivity index (χ3v) is 6.59. The van der Waals surface area contributed by atoms with Crippen molar-refractivity contribution in [1.82, 2.24) is 9.97 Å². The molecule has 0 saturated carbocycles. The number of anilines is 2. The summed E-state index contributed by atoms with van der Waals surface area (Å²) < 4.78 is 15.3. The van der Waals surface area contributed by atoms with Gasteiger partial charge in [-0.05, 0) is 62.4 Å². The second kappa shape index (κ2) is 21.0. The number of carbonyl (C=O) groups excluding carboxylic acids is 3. The number of pyridine rings is 2. The first-order valence-corrected chi connectivity index (χ1v) is 13.8. The van der Waals surface area contributed by atoms with E-state index >= 15 is 0 Å². The van der Waals surface area contributed by atoms with Crippen LogP contribution in [0.3, 0.4) is 0 Å². The quantitative estimate of drug-likeness (QED) is 0.193. The predicted molar refractivity (Wildman–Crippen MR) is 177 cm³/mol. The molecule has 0 bridgehead atoms. The van der Waals surface area contributed by atoms with Crippen molar-refractivity contribution in [1.29, 1.82) is 0 Å². The number of carboxylic acids is 1. The van der Waals surface area contributed by atoms with Gasteiger partial charge in [0.1, 0.15) is 11.1 Å². The van der Waals surface area contributed by atoms with Gasteiger partial charge in [-0.25, -0.2) is 9.59 Å². The Morgan fingerprint density at radius 2 is 1.04 bits per heavy atom. The molecule has 0 aliphatic heterocycles. The van der Waals surface area contributed by atoms with Gasteiger partial charge in [-0.15, -0.1) is 12.4 Å². The Bertz CT molecular complexity index is 1650. The summed E-state index contributed by atoms with van der Waals surface area (Å²) in [5.41, 5.74) is 2.20. The molecule has 2 aromatic carbocycles. The van der Waals surface area contributed by atoms with Crippen molar-refractivity contribution < 1.29 is 62.8 Å². The Labute approximate surface area is 296 Å². The molecule has 2 N–H and O–H groups in total. The zero-order valence-electron chi connectivity index (χ0n) is 27.4. The molecule has 250 valence electrons. The van der Waals surface area contributed by atoms with Gasteiger partial charge in [0.15, 0.2) is 11.5 Å². The minimum Gasteiger partial charge on any atom is -0.870 e. The molecule has 48 heavy (non-hydrogen) atoms. The van der Waals surface area contributed by atoms with Crippen LogP contribution in [0.4, 0.5) is 11.4 Å². The van der Waals surface area contributed by atoms with Crippen molar-refractivity contribution in [2.45, 2.75) is 13.8 Å². The normalized spacial score (nSPS) is 9.44. The fourth-order valence-electron chi connectivity index (χ4n) is 4.49. The number of ether oxygens (including phenoxy) is 3. The number of hydrogen-bond acceptors (Lipinski definition) is 10. The second-order valence-electron chi connectivity index (χ2n) is 9.08. The summed E-state index contributed by atoms with van der Waals surface area (Å²) in [4.78, 5) is 59.3. The Balaban J connectivity index is 0.000000867. The number of carboxylic acid groups (broad SMARTS) is 1. The Morgan fingerprint density at radius 1 is 0.667 bits per heavy atom. The number of aromatic nitrogens is 2. The smallest absolute Gasteiger partial charge is 0.870 e. The van der Waals surface area contributed by atoms with E-state index in [0.29, 0.717) is 41.3 Å². The third kappa shape index (κ3) is 10.0.